The third-order valence-corrected chi connectivity index (χ3v) is 6.64. The number of aromatic nitrogens is 1. The first-order valence-electron chi connectivity index (χ1n) is 11.1. The molecular weight excluding hydrogens is 456 g/mol. The summed E-state index contributed by atoms with van der Waals surface area (Å²) in [5.74, 6) is 0. The number of ether oxygens (including phenoxy) is 1. The molecule has 0 saturated carbocycles. The number of hydrogen-bond donors (Lipinski definition) is 2. The number of benzene rings is 2. The topological polar surface area (TPSA) is 60.6 Å². The van der Waals surface area contributed by atoms with Gasteiger partial charge in [0.1, 0.15) is 0 Å². The fourth-order valence-corrected chi connectivity index (χ4v) is 4.42. The Morgan fingerprint density at radius 1 is 1.18 bits per heavy atom. The molecule has 1 aromatic heterocycles. The third kappa shape index (κ3) is 6.12. The lowest BCUT2D eigenvalue weighted by Crippen LogP contribution is -2.44. The van der Waals surface area contributed by atoms with Crippen molar-refractivity contribution in [2.24, 2.45) is 0 Å². The zero-order valence-electron chi connectivity index (χ0n) is 19.0. The molecule has 8 heteroatoms. The average Bonchev–Trinajstić information content (AvgIpc) is 2.79. The van der Waals surface area contributed by atoms with E-state index >= 15 is 0 Å². The Balaban J connectivity index is 1.57. The van der Waals surface area contributed by atoms with E-state index in [2.05, 4.69) is 28.2 Å². The second kappa shape index (κ2) is 10.7. The van der Waals surface area contributed by atoms with Gasteiger partial charge in [-0.05, 0) is 79.0 Å². The van der Waals surface area contributed by atoms with Crippen LogP contribution in [0, 0.1) is 13.8 Å². The predicted octanol–water partition coefficient (Wildman–Crippen LogP) is 4.33. The lowest BCUT2D eigenvalue weighted by molar-refractivity contribution is 0.0358. The predicted molar refractivity (Wildman–Crippen MR) is 139 cm³/mol. The highest BCUT2D eigenvalue weighted by Crippen LogP contribution is 2.19. The molecule has 0 spiro atoms. The number of hydrogen-bond acceptors (Lipinski definition) is 4. The van der Waals surface area contributed by atoms with Crippen molar-refractivity contribution in [3.63, 3.8) is 0 Å². The van der Waals surface area contributed by atoms with Crippen molar-refractivity contribution in [1.82, 2.24) is 14.8 Å². The second-order valence-corrected chi connectivity index (χ2v) is 9.29. The molecule has 4 rings (SSSR count). The standard InChI is InChI=1S/C25H29ClN4O2S/c1-17-12-19-14-20(24(31)28-23(19)13-18(17)2)16-30(7-6-29-8-10-32-11-9-29)25(33)27-22-5-3-4-21(26)15-22/h3-5,12-15H,6-11,16H2,1-2H3,(H,27,33)(H,28,31). The van der Waals surface area contributed by atoms with Gasteiger partial charge >= 0.3 is 0 Å². The van der Waals surface area contributed by atoms with Gasteiger partial charge in [0.15, 0.2) is 5.11 Å². The van der Waals surface area contributed by atoms with E-state index in [4.69, 9.17) is 28.6 Å². The highest BCUT2D eigenvalue weighted by Gasteiger charge is 2.17. The number of halogens is 1. The molecule has 174 valence electrons. The molecule has 1 aliphatic rings. The summed E-state index contributed by atoms with van der Waals surface area (Å²) < 4.78 is 5.46. The monoisotopic (exact) mass is 484 g/mol. The van der Waals surface area contributed by atoms with Crippen molar-refractivity contribution in [1.29, 1.82) is 0 Å². The maximum Gasteiger partial charge on any atom is 0.253 e. The number of nitrogens with zero attached hydrogens (tertiary/aromatic N) is 2. The molecule has 33 heavy (non-hydrogen) atoms. The quantitative estimate of drug-likeness (QED) is 0.508. The fraction of sp³-hybridized carbons (Fsp3) is 0.360. The molecule has 0 unspecified atom stereocenters. The van der Waals surface area contributed by atoms with Crippen LogP contribution in [0.4, 0.5) is 5.69 Å². The van der Waals surface area contributed by atoms with E-state index < -0.39 is 0 Å². The Morgan fingerprint density at radius 3 is 2.70 bits per heavy atom. The van der Waals surface area contributed by atoms with Gasteiger partial charge in [0.05, 0.1) is 19.8 Å². The molecule has 1 saturated heterocycles. The lowest BCUT2D eigenvalue weighted by Gasteiger charge is -2.31. The van der Waals surface area contributed by atoms with E-state index in [-0.39, 0.29) is 5.56 Å². The zero-order valence-corrected chi connectivity index (χ0v) is 20.6. The molecule has 0 amide bonds. The van der Waals surface area contributed by atoms with Gasteiger partial charge < -0.3 is 19.9 Å². The first kappa shape index (κ1) is 23.7. The molecule has 3 aromatic rings. The van der Waals surface area contributed by atoms with Crippen LogP contribution < -0.4 is 10.9 Å². The molecule has 1 aliphatic heterocycles. The summed E-state index contributed by atoms with van der Waals surface area (Å²) in [6.45, 7) is 9.36. The van der Waals surface area contributed by atoms with Gasteiger partial charge in [-0.3, -0.25) is 9.69 Å². The number of fused-ring (bicyclic) bond motifs is 1. The largest absolute Gasteiger partial charge is 0.379 e. The van der Waals surface area contributed by atoms with E-state index in [1.165, 1.54) is 5.56 Å². The summed E-state index contributed by atoms with van der Waals surface area (Å²) in [6, 6.07) is 13.6. The minimum absolute atomic E-state index is 0.0901. The molecule has 0 aliphatic carbocycles. The van der Waals surface area contributed by atoms with Gasteiger partial charge in [-0.25, -0.2) is 0 Å². The van der Waals surface area contributed by atoms with E-state index in [1.54, 1.807) is 0 Å². The van der Waals surface area contributed by atoms with Crippen LogP contribution in [0.5, 0.6) is 0 Å². The van der Waals surface area contributed by atoms with Gasteiger partial charge in [-0.1, -0.05) is 17.7 Å². The third-order valence-electron chi connectivity index (χ3n) is 6.05. The molecule has 2 heterocycles. The molecule has 1 fully saturated rings. The molecule has 6 nitrogen and oxygen atoms in total. The normalized spacial score (nSPS) is 14.4. The summed E-state index contributed by atoms with van der Waals surface area (Å²) in [5.41, 5.74) is 4.62. The zero-order chi connectivity index (χ0) is 23.4. The highest BCUT2D eigenvalue weighted by atomic mass is 35.5. The Bertz CT molecular complexity index is 1210. The van der Waals surface area contributed by atoms with Crippen LogP contribution in [0.2, 0.25) is 5.02 Å². The number of H-pyrrole nitrogens is 1. The van der Waals surface area contributed by atoms with Gasteiger partial charge in [0.2, 0.25) is 0 Å². The van der Waals surface area contributed by atoms with Crippen LogP contribution >= 0.6 is 23.8 Å². The average molecular weight is 485 g/mol. The number of aromatic amines is 1. The number of anilines is 1. The van der Waals surface area contributed by atoms with Crippen molar-refractivity contribution in [2.75, 3.05) is 44.7 Å². The first-order chi connectivity index (χ1) is 15.9. The van der Waals surface area contributed by atoms with Gasteiger partial charge in [0.25, 0.3) is 5.56 Å². The number of morpholine rings is 1. The van der Waals surface area contributed by atoms with E-state index in [0.717, 1.165) is 55.0 Å². The smallest absolute Gasteiger partial charge is 0.253 e. The highest BCUT2D eigenvalue weighted by molar-refractivity contribution is 7.80. The van der Waals surface area contributed by atoms with Gasteiger partial charge in [0, 0.05) is 48.0 Å². The molecule has 0 atom stereocenters. The Labute approximate surface area is 204 Å². The van der Waals surface area contributed by atoms with E-state index in [0.29, 0.717) is 28.8 Å². The Kier molecular flexibility index (Phi) is 7.65. The van der Waals surface area contributed by atoms with Gasteiger partial charge in [-0.15, -0.1) is 0 Å². The molecule has 2 aromatic carbocycles. The second-order valence-electron chi connectivity index (χ2n) is 8.46. The van der Waals surface area contributed by atoms with Crippen molar-refractivity contribution in [3.05, 3.63) is 74.5 Å². The van der Waals surface area contributed by atoms with E-state index in [1.807, 2.05) is 48.2 Å². The first-order valence-corrected chi connectivity index (χ1v) is 11.9. The minimum Gasteiger partial charge on any atom is -0.379 e. The van der Waals surface area contributed by atoms with Crippen molar-refractivity contribution >= 4 is 45.5 Å². The summed E-state index contributed by atoms with van der Waals surface area (Å²) in [6.07, 6.45) is 0. The van der Waals surface area contributed by atoms with Crippen molar-refractivity contribution in [2.45, 2.75) is 20.4 Å². The molecule has 0 bridgehead atoms. The number of rotatable bonds is 6. The van der Waals surface area contributed by atoms with E-state index in [9.17, 15) is 4.79 Å². The van der Waals surface area contributed by atoms with Crippen LogP contribution in [0.25, 0.3) is 10.9 Å². The maximum atomic E-state index is 12.9. The Hall–Kier alpha value is -2.45. The maximum absolute atomic E-state index is 12.9. The molecule has 2 N–H and O–H groups in total. The summed E-state index contributed by atoms with van der Waals surface area (Å²) in [7, 11) is 0. The lowest BCUT2D eigenvalue weighted by atomic mass is 10.0. The Morgan fingerprint density at radius 2 is 1.94 bits per heavy atom. The van der Waals surface area contributed by atoms with Gasteiger partial charge in [-0.2, -0.15) is 0 Å². The summed E-state index contributed by atoms with van der Waals surface area (Å²) in [5, 5.41) is 5.50. The minimum atomic E-state index is -0.0901. The number of thiocarbonyl (C=S) groups is 1. The van der Waals surface area contributed by atoms with Crippen LogP contribution in [-0.2, 0) is 11.3 Å². The molecule has 0 radical (unpaired) electrons. The van der Waals surface area contributed by atoms with Crippen LogP contribution in [0.3, 0.4) is 0 Å². The fourth-order valence-electron chi connectivity index (χ4n) is 3.95. The van der Waals surface area contributed by atoms with Crippen molar-refractivity contribution < 1.29 is 4.74 Å². The molecular formula is C25H29ClN4O2S. The number of pyridine rings is 1. The van der Waals surface area contributed by atoms with Crippen LogP contribution in [0.1, 0.15) is 16.7 Å². The van der Waals surface area contributed by atoms with Crippen molar-refractivity contribution in [3.8, 4) is 0 Å². The van der Waals surface area contributed by atoms with Crippen LogP contribution in [0.15, 0.2) is 47.3 Å². The number of nitrogens with one attached hydrogen (secondary N) is 2. The summed E-state index contributed by atoms with van der Waals surface area (Å²) in [4.78, 5) is 20.4. The SMILES string of the molecule is Cc1cc2cc(CN(CCN3CCOCC3)C(=S)Nc3cccc(Cl)c3)c(=O)[nH]c2cc1C. The number of aryl methyl sites for hydroxylation is 2. The van der Waals surface area contributed by atoms with Crippen LogP contribution in [-0.4, -0.2) is 59.3 Å². The summed E-state index contributed by atoms with van der Waals surface area (Å²) >= 11 is 11.9.